The molecule has 0 aromatic carbocycles. The van der Waals surface area contributed by atoms with Crippen molar-refractivity contribution < 1.29 is 14.6 Å². The van der Waals surface area contributed by atoms with E-state index in [1.54, 1.807) is 0 Å². The van der Waals surface area contributed by atoms with E-state index in [0.717, 1.165) is 6.42 Å². The second-order valence-electron chi connectivity index (χ2n) is 4.78. The van der Waals surface area contributed by atoms with Crippen LogP contribution in [0.15, 0.2) is 0 Å². The predicted octanol–water partition coefficient (Wildman–Crippen LogP) is 0.938. The smallest absolute Gasteiger partial charge is 0.220 e. The minimum atomic E-state index is 0.0392. The van der Waals surface area contributed by atoms with Crippen molar-refractivity contribution in [1.82, 2.24) is 5.32 Å². The highest BCUT2D eigenvalue weighted by atomic mass is 16.5. The van der Waals surface area contributed by atoms with Crippen molar-refractivity contribution in [1.29, 1.82) is 0 Å². The van der Waals surface area contributed by atoms with Crippen LogP contribution in [0.1, 0.15) is 33.6 Å². The Morgan fingerprint density at radius 1 is 1.33 bits per heavy atom. The minimum Gasteiger partial charge on any atom is -0.394 e. The van der Waals surface area contributed by atoms with E-state index in [4.69, 9.17) is 9.84 Å². The third-order valence-electron chi connectivity index (χ3n) is 1.71. The molecule has 4 heteroatoms. The third kappa shape index (κ3) is 11.3. The van der Waals surface area contributed by atoms with Crippen molar-refractivity contribution >= 4 is 5.91 Å². The predicted molar refractivity (Wildman–Crippen MR) is 59.6 cm³/mol. The van der Waals surface area contributed by atoms with Crippen molar-refractivity contribution in [2.24, 2.45) is 5.41 Å². The first-order chi connectivity index (χ1) is 6.95. The lowest BCUT2D eigenvalue weighted by Crippen LogP contribution is -2.28. The molecule has 0 rings (SSSR count). The van der Waals surface area contributed by atoms with E-state index >= 15 is 0 Å². The molecule has 0 spiro atoms. The van der Waals surface area contributed by atoms with Gasteiger partial charge in [0, 0.05) is 19.6 Å². The molecule has 0 saturated carbocycles. The number of carbonyl (C=O) groups excluding carboxylic acids is 1. The Balaban J connectivity index is 3.32. The average molecular weight is 217 g/mol. The van der Waals surface area contributed by atoms with Gasteiger partial charge < -0.3 is 15.2 Å². The Morgan fingerprint density at radius 2 is 2.00 bits per heavy atom. The molecule has 0 atom stereocenters. The van der Waals surface area contributed by atoms with Crippen LogP contribution in [0.4, 0.5) is 0 Å². The Labute approximate surface area is 92.0 Å². The number of ether oxygens (including phenoxy) is 1. The third-order valence-corrected chi connectivity index (χ3v) is 1.71. The molecule has 0 unspecified atom stereocenters. The molecular weight excluding hydrogens is 194 g/mol. The zero-order valence-electron chi connectivity index (χ0n) is 10.0. The standard InChI is InChI=1S/C11H23NO3/c1-11(2,3)9-10(14)12-5-4-7-15-8-6-13/h13H,4-9H2,1-3H3,(H,12,14). The number of aliphatic hydroxyl groups excluding tert-OH is 1. The number of hydrogen-bond acceptors (Lipinski definition) is 3. The summed E-state index contributed by atoms with van der Waals surface area (Å²) in [6.45, 7) is 7.76. The van der Waals surface area contributed by atoms with E-state index in [0.29, 0.717) is 26.2 Å². The van der Waals surface area contributed by atoms with Gasteiger partial charge in [0.1, 0.15) is 0 Å². The Morgan fingerprint density at radius 3 is 2.53 bits per heavy atom. The van der Waals surface area contributed by atoms with Crippen molar-refractivity contribution in [3.05, 3.63) is 0 Å². The summed E-state index contributed by atoms with van der Waals surface area (Å²) in [5, 5.41) is 11.3. The van der Waals surface area contributed by atoms with E-state index in [-0.39, 0.29) is 17.9 Å². The molecule has 4 nitrogen and oxygen atoms in total. The fourth-order valence-electron chi connectivity index (χ4n) is 1.11. The van der Waals surface area contributed by atoms with E-state index in [2.05, 4.69) is 5.32 Å². The van der Waals surface area contributed by atoms with Gasteiger partial charge in [-0.3, -0.25) is 4.79 Å². The molecule has 2 N–H and O–H groups in total. The van der Waals surface area contributed by atoms with Gasteiger partial charge in [-0.15, -0.1) is 0 Å². The normalized spacial score (nSPS) is 11.5. The van der Waals surface area contributed by atoms with E-state index in [1.165, 1.54) is 0 Å². The van der Waals surface area contributed by atoms with Crippen molar-refractivity contribution in [2.45, 2.75) is 33.6 Å². The van der Waals surface area contributed by atoms with Crippen LogP contribution in [-0.2, 0) is 9.53 Å². The first-order valence-electron chi connectivity index (χ1n) is 5.41. The Bertz CT molecular complexity index is 175. The second kappa shape index (κ2) is 7.65. The minimum absolute atomic E-state index is 0.0392. The lowest BCUT2D eigenvalue weighted by atomic mass is 9.92. The molecule has 0 saturated heterocycles. The summed E-state index contributed by atoms with van der Waals surface area (Å²) in [4.78, 5) is 11.4. The fourth-order valence-corrected chi connectivity index (χ4v) is 1.11. The molecule has 0 aromatic rings. The molecule has 0 fully saturated rings. The summed E-state index contributed by atoms with van der Waals surface area (Å²) in [6.07, 6.45) is 1.33. The van der Waals surface area contributed by atoms with Gasteiger partial charge in [-0.2, -0.15) is 0 Å². The fraction of sp³-hybridized carbons (Fsp3) is 0.909. The van der Waals surface area contributed by atoms with Crippen molar-refractivity contribution in [3.63, 3.8) is 0 Å². The van der Waals surface area contributed by atoms with Crippen molar-refractivity contribution in [3.8, 4) is 0 Å². The van der Waals surface area contributed by atoms with Gasteiger partial charge in [0.25, 0.3) is 0 Å². The highest BCUT2D eigenvalue weighted by Crippen LogP contribution is 2.17. The van der Waals surface area contributed by atoms with E-state index in [9.17, 15) is 4.79 Å². The zero-order valence-corrected chi connectivity index (χ0v) is 10.0. The zero-order chi connectivity index (χ0) is 11.7. The molecule has 0 aliphatic carbocycles. The maximum absolute atomic E-state index is 11.4. The lowest BCUT2D eigenvalue weighted by molar-refractivity contribution is -0.122. The molecule has 0 heterocycles. The lowest BCUT2D eigenvalue weighted by Gasteiger charge is -2.17. The topological polar surface area (TPSA) is 58.6 Å². The number of carbonyl (C=O) groups is 1. The maximum Gasteiger partial charge on any atom is 0.220 e. The Kier molecular flexibility index (Phi) is 7.34. The SMILES string of the molecule is CC(C)(C)CC(=O)NCCCOCCO. The van der Waals surface area contributed by atoms with Crippen LogP contribution in [0.2, 0.25) is 0 Å². The van der Waals surface area contributed by atoms with Gasteiger partial charge in [-0.1, -0.05) is 20.8 Å². The molecular formula is C11H23NO3. The number of rotatable bonds is 7. The molecule has 0 aliphatic rings. The average Bonchev–Trinajstić information content (AvgIpc) is 2.08. The largest absolute Gasteiger partial charge is 0.394 e. The molecule has 0 aromatic heterocycles. The molecule has 15 heavy (non-hydrogen) atoms. The first-order valence-corrected chi connectivity index (χ1v) is 5.41. The molecule has 0 radical (unpaired) electrons. The van der Waals surface area contributed by atoms with Gasteiger partial charge in [-0.25, -0.2) is 0 Å². The van der Waals surface area contributed by atoms with Gasteiger partial charge in [0.2, 0.25) is 5.91 Å². The highest BCUT2D eigenvalue weighted by Gasteiger charge is 2.14. The maximum atomic E-state index is 11.4. The van der Waals surface area contributed by atoms with Gasteiger partial charge >= 0.3 is 0 Å². The highest BCUT2D eigenvalue weighted by molar-refractivity contribution is 5.76. The number of hydrogen-bond donors (Lipinski definition) is 2. The Hall–Kier alpha value is -0.610. The summed E-state index contributed by atoms with van der Waals surface area (Å²) in [7, 11) is 0. The van der Waals surface area contributed by atoms with E-state index in [1.807, 2.05) is 20.8 Å². The molecule has 0 aliphatic heterocycles. The van der Waals surface area contributed by atoms with Gasteiger partial charge in [0.05, 0.1) is 13.2 Å². The summed E-state index contributed by atoms with van der Waals surface area (Å²) >= 11 is 0. The summed E-state index contributed by atoms with van der Waals surface area (Å²) < 4.78 is 5.06. The van der Waals surface area contributed by atoms with Crippen LogP contribution >= 0.6 is 0 Å². The molecule has 90 valence electrons. The van der Waals surface area contributed by atoms with Crippen LogP contribution in [0.3, 0.4) is 0 Å². The first kappa shape index (κ1) is 14.4. The van der Waals surface area contributed by atoms with Gasteiger partial charge in [0.15, 0.2) is 0 Å². The van der Waals surface area contributed by atoms with Gasteiger partial charge in [-0.05, 0) is 11.8 Å². The monoisotopic (exact) mass is 217 g/mol. The van der Waals surface area contributed by atoms with Crippen LogP contribution in [0.25, 0.3) is 0 Å². The second-order valence-corrected chi connectivity index (χ2v) is 4.78. The van der Waals surface area contributed by atoms with Crippen molar-refractivity contribution in [2.75, 3.05) is 26.4 Å². The molecule has 0 bridgehead atoms. The quantitative estimate of drug-likeness (QED) is 0.624. The number of aliphatic hydroxyl groups is 1. The van der Waals surface area contributed by atoms with Crippen LogP contribution < -0.4 is 5.32 Å². The van der Waals surface area contributed by atoms with Crippen LogP contribution in [-0.4, -0.2) is 37.4 Å². The number of amides is 1. The molecule has 1 amide bonds. The van der Waals surface area contributed by atoms with Crippen LogP contribution in [0.5, 0.6) is 0 Å². The summed E-state index contributed by atoms with van der Waals surface area (Å²) in [6, 6.07) is 0. The van der Waals surface area contributed by atoms with Crippen LogP contribution in [0, 0.1) is 5.41 Å². The number of nitrogens with one attached hydrogen (secondary N) is 1. The summed E-state index contributed by atoms with van der Waals surface area (Å²) in [5.41, 5.74) is 0.0392. The summed E-state index contributed by atoms with van der Waals surface area (Å²) in [5.74, 6) is 0.0876. The van der Waals surface area contributed by atoms with E-state index < -0.39 is 0 Å².